The molecule has 0 amide bonds. The number of halogens is 1. The van der Waals surface area contributed by atoms with Crippen LogP contribution in [-0.2, 0) is 4.74 Å². The largest absolute Gasteiger partial charge is 0.514 e. The van der Waals surface area contributed by atoms with E-state index in [1.807, 2.05) is 0 Å². The first-order valence-electron chi connectivity index (χ1n) is 4.87. The molecule has 0 aliphatic rings. The number of nitroso groups, excluding NO2 is 1. The van der Waals surface area contributed by atoms with Crippen LogP contribution in [0.5, 0.6) is 5.75 Å². The van der Waals surface area contributed by atoms with Gasteiger partial charge in [-0.1, -0.05) is 0 Å². The molecule has 1 aromatic carbocycles. The Morgan fingerprint density at radius 3 is 2.41 bits per heavy atom. The Labute approximate surface area is 97.5 Å². The van der Waals surface area contributed by atoms with Gasteiger partial charge in [-0.15, -0.1) is 4.91 Å². The topological polar surface area (TPSA) is 65.0 Å². The summed E-state index contributed by atoms with van der Waals surface area (Å²) < 4.78 is 21.9. The number of benzene rings is 1. The lowest BCUT2D eigenvalue weighted by molar-refractivity contribution is -0.00508. The minimum Gasteiger partial charge on any atom is -0.425 e. The Bertz CT molecular complexity index is 402. The smallest absolute Gasteiger partial charge is 0.425 e. The van der Waals surface area contributed by atoms with Crippen LogP contribution in [0.3, 0.4) is 0 Å². The zero-order valence-corrected chi connectivity index (χ0v) is 9.47. The van der Waals surface area contributed by atoms with Crippen molar-refractivity contribution >= 4 is 11.8 Å². The van der Waals surface area contributed by atoms with E-state index in [0.717, 1.165) is 0 Å². The standard InChI is InChI=1S/C11H12FNO4/c1-11(2,7-12)17-10(14)16-9-5-3-8(13-15)4-6-9/h3-6H,7H2,1-2H3. The first-order chi connectivity index (χ1) is 7.96. The Hall–Kier alpha value is -1.98. The van der Waals surface area contributed by atoms with Crippen molar-refractivity contribution in [2.45, 2.75) is 19.4 Å². The van der Waals surface area contributed by atoms with Crippen molar-refractivity contribution in [1.82, 2.24) is 0 Å². The SMILES string of the molecule is CC(C)(CF)OC(=O)Oc1ccc(N=O)cc1. The average molecular weight is 241 g/mol. The summed E-state index contributed by atoms with van der Waals surface area (Å²) >= 11 is 0. The van der Waals surface area contributed by atoms with Gasteiger partial charge in [-0.25, -0.2) is 9.18 Å². The molecule has 0 spiro atoms. The second-order valence-corrected chi connectivity index (χ2v) is 3.93. The summed E-state index contributed by atoms with van der Waals surface area (Å²) in [5.41, 5.74) is -1.00. The molecule has 92 valence electrons. The minimum atomic E-state index is -1.22. The molecule has 0 aromatic heterocycles. The maximum atomic E-state index is 12.4. The fourth-order valence-electron chi connectivity index (χ4n) is 0.945. The molecule has 0 unspecified atom stereocenters. The summed E-state index contributed by atoms with van der Waals surface area (Å²) in [5, 5.41) is 2.69. The van der Waals surface area contributed by atoms with Crippen LogP contribution in [0.15, 0.2) is 29.4 Å². The summed E-state index contributed by atoms with van der Waals surface area (Å²) in [6.07, 6.45) is -1.00. The summed E-state index contributed by atoms with van der Waals surface area (Å²) in [4.78, 5) is 21.4. The molecule has 0 aliphatic heterocycles. The van der Waals surface area contributed by atoms with Gasteiger partial charge in [0, 0.05) is 0 Å². The number of ether oxygens (including phenoxy) is 2. The molecule has 17 heavy (non-hydrogen) atoms. The van der Waals surface area contributed by atoms with Gasteiger partial charge in [-0.2, -0.15) is 0 Å². The molecule has 6 heteroatoms. The molecule has 0 fully saturated rings. The van der Waals surface area contributed by atoms with E-state index >= 15 is 0 Å². The maximum absolute atomic E-state index is 12.4. The van der Waals surface area contributed by atoms with Crippen molar-refractivity contribution < 1.29 is 18.7 Å². The van der Waals surface area contributed by atoms with Gasteiger partial charge in [0.05, 0.1) is 0 Å². The van der Waals surface area contributed by atoms with Crippen molar-refractivity contribution in [1.29, 1.82) is 0 Å². The van der Waals surface area contributed by atoms with Crippen molar-refractivity contribution in [2.75, 3.05) is 6.67 Å². The molecular formula is C11H12FNO4. The van der Waals surface area contributed by atoms with Gasteiger partial charge in [0.15, 0.2) is 0 Å². The monoisotopic (exact) mass is 241 g/mol. The highest BCUT2D eigenvalue weighted by atomic mass is 19.1. The van der Waals surface area contributed by atoms with Crippen LogP contribution in [0.1, 0.15) is 13.8 Å². The lowest BCUT2D eigenvalue weighted by Gasteiger charge is -2.20. The Morgan fingerprint density at radius 1 is 1.35 bits per heavy atom. The molecule has 5 nitrogen and oxygen atoms in total. The zero-order chi connectivity index (χ0) is 12.9. The number of carbonyl (C=O) groups is 1. The highest BCUT2D eigenvalue weighted by Crippen LogP contribution is 2.19. The van der Waals surface area contributed by atoms with Gasteiger partial charge in [-0.3, -0.25) is 0 Å². The van der Waals surface area contributed by atoms with E-state index < -0.39 is 18.4 Å². The number of nitrogens with zero attached hydrogens (tertiary/aromatic N) is 1. The molecule has 0 aliphatic carbocycles. The van der Waals surface area contributed by atoms with Gasteiger partial charge in [0.1, 0.15) is 23.7 Å². The van der Waals surface area contributed by atoms with Crippen LogP contribution in [0.4, 0.5) is 14.9 Å². The molecule has 1 rings (SSSR count). The maximum Gasteiger partial charge on any atom is 0.514 e. The molecule has 0 saturated heterocycles. The summed E-state index contributed by atoms with van der Waals surface area (Å²) in [5.74, 6) is 0.192. The summed E-state index contributed by atoms with van der Waals surface area (Å²) in [6.45, 7) is 2.04. The molecular weight excluding hydrogens is 229 g/mol. The summed E-state index contributed by atoms with van der Waals surface area (Å²) in [6, 6.07) is 5.55. The second-order valence-electron chi connectivity index (χ2n) is 3.93. The van der Waals surface area contributed by atoms with Gasteiger partial charge in [0.25, 0.3) is 0 Å². The molecule has 0 atom stereocenters. The molecule has 0 heterocycles. The predicted molar refractivity (Wildman–Crippen MR) is 59.1 cm³/mol. The van der Waals surface area contributed by atoms with E-state index in [2.05, 4.69) is 5.18 Å². The highest BCUT2D eigenvalue weighted by molar-refractivity contribution is 5.64. The molecule has 1 aromatic rings. The Balaban J connectivity index is 2.59. The van der Waals surface area contributed by atoms with E-state index in [0.29, 0.717) is 0 Å². The molecule has 0 N–H and O–H groups in total. The molecule has 0 radical (unpaired) electrons. The molecule has 0 saturated carbocycles. The van der Waals surface area contributed by atoms with Crippen molar-refractivity contribution in [3.63, 3.8) is 0 Å². The average Bonchev–Trinajstić information content (AvgIpc) is 2.29. The minimum absolute atomic E-state index is 0.192. The first-order valence-corrected chi connectivity index (χ1v) is 4.87. The van der Waals surface area contributed by atoms with Crippen molar-refractivity contribution in [3.8, 4) is 5.75 Å². The van der Waals surface area contributed by atoms with E-state index in [1.165, 1.54) is 38.1 Å². The highest BCUT2D eigenvalue weighted by Gasteiger charge is 2.24. The first kappa shape index (κ1) is 13.1. The Kier molecular flexibility index (Phi) is 4.14. The fourth-order valence-corrected chi connectivity index (χ4v) is 0.945. The van der Waals surface area contributed by atoms with Crippen LogP contribution >= 0.6 is 0 Å². The van der Waals surface area contributed by atoms with Gasteiger partial charge >= 0.3 is 6.16 Å². The van der Waals surface area contributed by atoms with E-state index in [-0.39, 0.29) is 11.4 Å². The van der Waals surface area contributed by atoms with Crippen LogP contribution in [0, 0.1) is 4.91 Å². The molecule has 0 bridgehead atoms. The van der Waals surface area contributed by atoms with E-state index in [9.17, 15) is 14.1 Å². The second kappa shape index (κ2) is 5.38. The lowest BCUT2D eigenvalue weighted by Crippen LogP contribution is -2.31. The third-order valence-electron chi connectivity index (χ3n) is 1.82. The van der Waals surface area contributed by atoms with Crippen LogP contribution in [0.2, 0.25) is 0 Å². The summed E-state index contributed by atoms with van der Waals surface area (Å²) in [7, 11) is 0. The third kappa shape index (κ3) is 4.18. The van der Waals surface area contributed by atoms with E-state index in [4.69, 9.17) is 9.47 Å². The van der Waals surface area contributed by atoms with Gasteiger partial charge < -0.3 is 9.47 Å². The van der Waals surface area contributed by atoms with E-state index in [1.54, 1.807) is 0 Å². The lowest BCUT2D eigenvalue weighted by atomic mass is 10.2. The Morgan fingerprint density at radius 2 is 1.94 bits per heavy atom. The number of carbonyl (C=O) groups excluding carboxylic acids is 1. The van der Waals surface area contributed by atoms with Crippen LogP contribution in [-0.4, -0.2) is 18.4 Å². The van der Waals surface area contributed by atoms with Crippen LogP contribution in [0.25, 0.3) is 0 Å². The fraction of sp³-hybridized carbons (Fsp3) is 0.364. The number of rotatable bonds is 4. The van der Waals surface area contributed by atoms with Crippen LogP contribution < -0.4 is 4.74 Å². The third-order valence-corrected chi connectivity index (χ3v) is 1.82. The van der Waals surface area contributed by atoms with Gasteiger partial charge in [0.2, 0.25) is 0 Å². The quantitative estimate of drug-likeness (QED) is 0.460. The van der Waals surface area contributed by atoms with Gasteiger partial charge in [-0.05, 0) is 43.3 Å². The number of alkyl halides is 1. The number of hydrogen-bond donors (Lipinski definition) is 0. The van der Waals surface area contributed by atoms with Crippen molar-refractivity contribution in [3.05, 3.63) is 29.2 Å². The predicted octanol–water partition coefficient (Wildman–Crippen LogP) is 3.35. The zero-order valence-electron chi connectivity index (χ0n) is 9.47. The normalized spacial score (nSPS) is 10.8. The van der Waals surface area contributed by atoms with Crippen molar-refractivity contribution in [2.24, 2.45) is 5.18 Å². The number of hydrogen-bond acceptors (Lipinski definition) is 5.